The molecule has 4 nitrogen and oxygen atoms in total. The zero-order valence-electron chi connectivity index (χ0n) is 19.7. The Morgan fingerprint density at radius 2 is 1.48 bits per heavy atom. The van der Waals surface area contributed by atoms with Crippen LogP contribution < -0.4 is 5.32 Å². The first kappa shape index (κ1) is 20.6. The smallest absolute Gasteiger partial charge is 0.224 e. The Morgan fingerprint density at radius 1 is 0.806 bits per heavy atom. The molecule has 1 amide bonds. The molecule has 31 heavy (non-hydrogen) atoms. The molecule has 0 aromatic carbocycles. The third-order valence-electron chi connectivity index (χ3n) is 10.2. The van der Waals surface area contributed by atoms with Crippen LogP contribution in [0.2, 0.25) is 0 Å². The van der Waals surface area contributed by atoms with Crippen LogP contribution in [0.4, 0.5) is 0 Å². The van der Waals surface area contributed by atoms with E-state index in [4.69, 9.17) is 0 Å². The fourth-order valence-electron chi connectivity index (χ4n) is 8.75. The largest absolute Gasteiger partial charge is 0.335 e. The molecule has 1 aliphatic heterocycles. The molecule has 0 saturated heterocycles. The lowest BCUT2D eigenvalue weighted by Crippen LogP contribution is -2.53. The van der Waals surface area contributed by atoms with Gasteiger partial charge in [-0.15, -0.1) is 0 Å². The summed E-state index contributed by atoms with van der Waals surface area (Å²) in [4.78, 5) is 13.8. The Morgan fingerprint density at radius 3 is 2.23 bits per heavy atom. The highest BCUT2D eigenvalue weighted by atomic mass is 16.2. The lowest BCUT2D eigenvalue weighted by Gasteiger charge is -2.41. The lowest BCUT2D eigenvalue weighted by atomic mass is 9.76. The Balaban J connectivity index is 1.21. The standard InChI is InChI=1S/C27H43N3O/c1-29-26(23-9-5-6-10-25(23)30(29)22-7-3-2-4-8-22)28-27(31)24-17-18-15-20-13-11-19(24)12-14-21(20)16-18/h18-22,24,26H,2-17H2,1H3,(H,28,31). The molecular formula is C27H43N3O. The van der Waals surface area contributed by atoms with Crippen molar-refractivity contribution in [1.29, 1.82) is 0 Å². The van der Waals surface area contributed by atoms with Gasteiger partial charge in [0.15, 0.2) is 0 Å². The monoisotopic (exact) mass is 425 g/mol. The maximum absolute atomic E-state index is 13.8. The summed E-state index contributed by atoms with van der Waals surface area (Å²) in [6, 6.07) is 0.649. The van der Waals surface area contributed by atoms with Crippen molar-refractivity contribution in [3.05, 3.63) is 11.3 Å². The molecule has 7 aliphatic rings. The zero-order valence-corrected chi connectivity index (χ0v) is 19.7. The summed E-state index contributed by atoms with van der Waals surface area (Å²) >= 11 is 0. The van der Waals surface area contributed by atoms with Crippen molar-refractivity contribution >= 4 is 5.91 Å². The van der Waals surface area contributed by atoms with Crippen molar-refractivity contribution < 1.29 is 4.79 Å². The predicted octanol–water partition coefficient (Wildman–Crippen LogP) is 5.60. The van der Waals surface area contributed by atoms with Gasteiger partial charge in [-0.1, -0.05) is 19.3 Å². The molecule has 5 saturated carbocycles. The van der Waals surface area contributed by atoms with Gasteiger partial charge in [0.05, 0.1) is 0 Å². The molecule has 172 valence electrons. The topological polar surface area (TPSA) is 35.6 Å². The molecule has 0 radical (unpaired) electrons. The summed E-state index contributed by atoms with van der Waals surface area (Å²) < 4.78 is 0. The van der Waals surface area contributed by atoms with E-state index in [1.807, 2.05) is 0 Å². The van der Waals surface area contributed by atoms with Gasteiger partial charge < -0.3 is 10.3 Å². The van der Waals surface area contributed by atoms with E-state index in [-0.39, 0.29) is 12.1 Å². The first-order chi connectivity index (χ1) is 15.2. The van der Waals surface area contributed by atoms with Gasteiger partial charge in [-0.3, -0.25) is 4.79 Å². The van der Waals surface area contributed by atoms with Crippen LogP contribution in [0.5, 0.6) is 0 Å². The Labute approximate surface area is 189 Å². The fourth-order valence-corrected chi connectivity index (χ4v) is 8.75. The molecule has 6 aliphatic carbocycles. The molecule has 1 N–H and O–H groups in total. The summed E-state index contributed by atoms with van der Waals surface area (Å²) in [7, 11) is 2.25. The minimum absolute atomic E-state index is 0.114. The van der Waals surface area contributed by atoms with Gasteiger partial charge in [-0.2, -0.15) is 5.01 Å². The third-order valence-corrected chi connectivity index (χ3v) is 10.2. The van der Waals surface area contributed by atoms with E-state index in [1.54, 1.807) is 11.3 Å². The Kier molecular flexibility index (Phi) is 5.57. The van der Waals surface area contributed by atoms with Crippen LogP contribution in [-0.2, 0) is 4.79 Å². The van der Waals surface area contributed by atoms with Crippen molar-refractivity contribution in [1.82, 2.24) is 15.3 Å². The van der Waals surface area contributed by atoms with Gasteiger partial charge in [-0.05, 0) is 113 Å². The summed E-state index contributed by atoms with van der Waals surface area (Å²) in [5.41, 5.74) is 3.12. The molecule has 4 bridgehead atoms. The van der Waals surface area contributed by atoms with Crippen LogP contribution in [0, 0.1) is 29.6 Å². The van der Waals surface area contributed by atoms with Crippen molar-refractivity contribution in [3.8, 4) is 0 Å². The minimum Gasteiger partial charge on any atom is -0.335 e. The highest BCUT2D eigenvalue weighted by molar-refractivity contribution is 5.79. The quantitative estimate of drug-likeness (QED) is 0.639. The number of carbonyl (C=O) groups is 1. The van der Waals surface area contributed by atoms with Crippen LogP contribution in [-0.4, -0.2) is 35.2 Å². The number of allylic oxidation sites excluding steroid dienone is 1. The summed E-state index contributed by atoms with van der Waals surface area (Å²) in [5.74, 6) is 4.07. The number of nitrogens with one attached hydrogen (secondary N) is 1. The number of hydrogen-bond acceptors (Lipinski definition) is 3. The number of carbonyl (C=O) groups excluding carboxylic acids is 1. The predicted molar refractivity (Wildman–Crippen MR) is 124 cm³/mol. The van der Waals surface area contributed by atoms with E-state index in [9.17, 15) is 4.79 Å². The third kappa shape index (κ3) is 3.65. The molecule has 5 fully saturated rings. The van der Waals surface area contributed by atoms with Crippen LogP contribution in [0.1, 0.15) is 103 Å². The fraction of sp³-hybridized carbons (Fsp3) is 0.889. The van der Waals surface area contributed by atoms with E-state index < -0.39 is 0 Å². The maximum atomic E-state index is 13.8. The second-order valence-corrected chi connectivity index (χ2v) is 11.9. The van der Waals surface area contributed by atoms with Gasteiger partial charge in [0.25, 0.3) is 0 Å². The molecule has 4 atom stereocenters. The van der Waals surface area contributed by atoms with E-state index in [2.05, 4.69) is 22.4 Å². The first-order valence-corrected chi connectivity index (χ1v) is 13.7. The second-order valence-electron chi connectivity index (χ2n) is 11.9. The molecule has 4 heteroatoms. The molecular weight excluding hydrogens is 382 g/mol. The van der Waals surface area contributed by atoms with Crippen molar-refractivity contribution in [2.45, 2.75) is 115 Å². The maximum Gasteiger partial charge on any atom is 0.224 e. The number of hydrazine groups is 1. The van der Waals surface area contributed by atoms with Gasteiger partial charge in [-0.25, -0.2) is 0 Å². The lowest BCUT2D eigenvalue weighted by molar-refractivity contribution is -0.131. The molecule has 4 unspecified atom stereocenters. The SMILES string of the molecule is CN1C(NC(=O)C2CC3CC4CCC2CCC4C3)C2=C(CCCC2)N1C1CCCCC1. The normalized spacial score (nSPS) is 41.3. The summed E-state index contributed by atoms with van der Waals surface area (Å²) in [5, 5.41) is 8.72. The number of nitrogens with zero attached hydrogens (tertiary/aromatic N) is 2. The first-order valence-electron chi connectivity index (χ1n) is 13.7. The highest BCUT2D eigenvalue weighted by Gasteiger charge is 2.46. The Hall–Kier alpha value is -1.03. The van der Waals surface area contributed by atoms with Crippen molar-refractivity contribution in [2.75, 3.05) is 7.05 Å². The van der Waals surface area contributed by atoms with Crippen molar-refractivity contribution in [2.24, 2.45) is 29.6 Å². The summed E-state index contributed by atoms with van der Waals surface area (Å²) in [6.45, 7) is 0. The van der Waals surface area contributed by atoms with Crippen LogP contribution >= 0.6 is 0 Å². The van der Waals surface area contributed by atoms with Gasteiger partial charge >= 0.3 is 0 Å². The minimum atomic E-state index is 0.114. The average Bonchev–Trinajstić information content (AvgIpc) is 3.25. The highest BCUT2D eigenvalue weighted by Crippen LogP contribution is 2.52. The Bertz CT molecular complexity index is 710. The molecule has 0 aromatic rings. The molecule has 0 aromatic heterocycles. The molecule has 7 rings (SSSR count). The number of fused-ring (bicyclic) bond motifs is 3. The number of likely N-dealkylation sites (N-methyl/N-ethyl adjacent to an activating group) is 1. The molecule has 1 heterocycles. The van der Waals surface area contributed by atoms with Gasteiger partial charge in [0.2, 0.25) is 5.91 Å². The molecule has 0 spiro atoms. The second kappa shape index (κ2) is 8.39. The summed E-state index contributed by atoms with van der Waals surface area (Å²) in [6.07, 6.45) is 21.2. The average molecular weight is 426 g/mol. The van der Waals surface area contributed by atoms with E-state index in [1.165, 1.54) is 96.3 Å². The van der Waals surface area contributed by atoms with Crippen LogP contribution in [0.3, 0.4) is 0 Å². The number of rotatable bonds is 3. The number of amides is 1. The van der Waals surface area contributed by atoms with Crippen molar-refractivity contribution in [3.63, 3.8) is 0 Å². The van der Waals surface area contributed by atoms with Gasteiger partial charge in [0, 0.05) is 24.7 Å². The van der Waals surface area contributed by atoms with Crippen LogP contribution in [0.15, 0.2) is 11.3 Å². The van der Waals surface area contributed by atoms with E-state index in [0.717, 1.165) is 24.2 Å². The van der Waals surface area contributed by atoms with E-state index >= 15 is 0 Å². The van der Waals surface area contributed by atoms with Gasteiger partial charge in [0.1, 0.15) is 6.17 Å². The zero-order chi connectivity index (χ0) is 20.9. The number of hydrogen-bond donors (Lipinski definition) is 1. The van der Waals surface area contributed by atoms with E-state index in [0.29, 0.717) is 17.9 Å². The van der Waals surface area contributed by atoms with Crippen LogP contribution in [0.25, 0.3) is 0 Å².